The van der Waals surface area contributed by atoms with E-state index in [0.717, 1.165) is 0 Å². The first-order valence-electron chi connectivity index (χ1n) is 7.70. The van der Waals surface area contributed by atoms with Crippen molar-refractivity contribution < 1.29 is 13.9 Å². The van der Waals surface area contributed by atoms with Crippen LogP contribution >= 0.6 is 0 Å². The number of hydrogen-bond donors (Lipinski definition) is 1. The molecule has 23 heavy (non-hydrogen) atoms. The van der Waals surface area contributed by atoms with Crippen LogP contribution < -0.4 is 11.2 Å². The van der Waals surface area contributed by atoms with Gasteiger partial charge >= 0.3 is 5.69 Å². The maximum absolute atomic E-state index is 12.0. The zero-order valence-electron chi connectivity index (χ0n) is 14.6. The number of ether oxygens (including phenoxy) is 2. The minimum atomic E-state index is -1.99. The molecule has 1 aromatic heterocycles. The lowest BCUT2D eigenvalue weighted by molar-refractivity contribution is -0.0437. The number of aromatic amines is 1. The molecule has 1 fully saturated rings. The second-order valence-electron chi connectivity index (χ2n) is 7.36. The Kier molecular flexibility index (Phi) is 5.00. The summed E-state index contributed by atoms with van der Waals surface area (Å²) in [5, 5.41) is 0.0677. The van der Waals surface area contributed by atoms with Crippen LogP contribution in [0.5, 0.6) is 0 Å². The highest BCUT2D eigenvalue weighted by Crippen LogP contribution is 2.39. The van der Waals surface area contributed by atoms with E-state index in [-0.39, 0.29) is 11.1 Å². The van der Waals surface area contributed by atoms with Gasteiger partial charge in [0.15, 0.2) is 14.5 Å². The Labute approximate surface area is 136 Å². The zero-order valence-corrected chi connectivity index (χ0v) is 15.6. The summed E-state index contributed by atoms with van der Waals surface area (Å²) in [5.41, 5.74) is -0.954. The van der Waals surface area contributed by atoms with Crippen molar-refractivity contribution in [3.8, 4) is 0 Å². The van der Waals surface area contributed by atoms with Gasteiger partial charge in [0.2, 0.25) is 0 Å². The largest absolute Gasteiger partial charge is 0.409 e. The van der Waals surface area contributed by atoms with Gasteiger partial charge in [-0.3, -0.25) is 14.3 Å². The first kappa shape index (κ1) is 18.1. The Bertz CT molecular complexity index is 661. The summed E-state index contributed by atoms with van der Waals surface area (Å²) in [6.45, 7) is 11.2. The summed E-state index contributed by atoms with van der Waals surface area (Å²) < 4.78 is 19.0. The van der Waals surface area contributed by atoms with Crippen LogP contribution in [0.2, 0.25) is 18.1 Å². The molecular weight excluding hydrogens is 316 g/mol. The van der Waals surface area contributed by atoms with E-state index in [1.807, 2.05) is 0 Å². The van der Waals surface area contributed by atoms with Gasteiger partial charge in [0, 0.05) is 19.4 Å². The Morgan fingerprint density at radius 3 is 2.52 bits per heavy atom. The Morgan fingerprint density at radius 2 is 2.00 bits per heavy atom. The van der Waals surface area contributed by atoms with Crippen molar-refractivity contribution in [2.45, 2.75) is 57.3 Å². The molecule has 3 atom stereocenters. The Morgan fingerprint density at radius 1 is 1.35 bits per heavy atom. The standard InChI is InChI=1S/C15H26N2O5Si/c1-15(2,3)23(5,6)22-10-9-21-13(12(10)20-4)17-8-7-11(18)16-14(17)19/h7-8,10,12-13H,9H2,1-6H3,(H,16,18,19). The molecule has 1 aliphatic heterocycles. The van der Waals surface area contributed by atoms with E-state index in [1.54, 1.807) is 7.11 Å². The van der Waals surface area contributed by atoms with Crippen molar-refractivity contribution in [1.82, 2.24) is 9.55 Å². The third kappa shape index (κ3) is 3.65. The number of nitrogens with zero attached hydrogens (tertiary/aromatic N) is 1. The molecule has 2 heterocycles. The SMILES string of the molecule is COC1C(O[Si](C)(C)C(C)(C)C)COC1n1ccc(=O)[nH]c1=O. The minimum Gasteiger partial charge on any atom is -0.409 e. The molecule has 0 spiro atoms. The molecule has 1 saturated heterocycles. The normalized spacial score (nSPS) is 25.7. The van der Waals surface area contributed by atoms with E-state index in [9.17, 15) is 9.59 Å². The molecule has 7 nitrogen and oxygen atoms in total. The van der Waals surface area contributed by atoms with E-state index >= 15 is 0 Å². The monoisotopic (exact) mass is 342 g/mol. The number of nitrogens with one attached hydrogen (secondary N) is 1. The first-order valence-corrected chi connectivity index (χ1v) is 10.6. The molecule has 0 saturated carbocycles. The summed E-state index contributed by atoms with van der Waals surface area (Å²) in [6, 6.07) is 1.29. The zero-order chi connectivity index (χ0) is 17.4. The average molecular weight is 342 g/mol. The molecule has 130 valence electrons. The maximum Gasteiger partial charge on any atom is 0.330 e. The lowest BCUT2D eigenvalue weighted by Crippen LogP contribution is -2.48. The third-order valence-electron chi connectivity index (χ3n) is 4.73. The molecule has 2 rings (SSSR count). The van der Waals surface area contributed by atoms with Crippen LogP contribution in [0.4, 0.5) is 0 Å². The van der Waals surface area contributed by atoms with Gasteiger partial charge < -0.3 is 13.9 Å². The summed E-state index contributed by atoms with van der Waals surface area (Å²) in [6.07, 6.45) is 0.156. The van der Waals surface area contributed by atoms with Gasteiger partial charge in [0.1, 0.15) is 6.10 Å². The van der Waals surface area contributed by atoms with Crippen LogP contribution in [-0.4, -0.2) is 43.8 Å². The summed E-state index contributed by atoms with van der Waals surface area (Å²) in [5.74, 6) is 0. The van der Waals surface area contributed by atoms with Crippen LogP contribution in [0.15, 0.2) is 21.9 Å². The average Bonchev–Trinajstić information content (AvgIpc) is 2.79. The topological polar surface area (TPSA) is 82.6 Å². The van der Waals surface area contributed by atoms with E-state index in [4.69, 9.17) is 13.9 Å². The van der Waals surface area contributed by atoms with Crippen molar-refractivity contribution >= 4 is 8.32 Å². The fraction of sp³-hybridized carbons (Fsp3) is 0.733. The molecule has 1 N–H and O–H groups in total. The minimum absolute atomic E-state index is 0.0677. The van der Waals surface area contributed by atoms with Gasteiger partial charge in [-0.15, -0.1) is 0 Å². The quantitative estimate of drug-likeness (QED) is 0.838. The van der Waals surface area contributed by atoms with Crippen molar-refractivity contribution in [2.75, 3.05) is 13.7 Å². The molecule has 3 unspecified atom stereocenters. The van der Waals surface area contributed by atoms with Gasteiger partial charge in [0.05, 0.1) is 12.7 Å². The number of aromatic nitrogens is 2. The lowest BCUT2D eigenvalue weighted by atomic mass is 10.2. The molecule has 0 amide bonds. The number of H-pyrrole nitrogens is 1. The van der Waals surface area contributed by atoms with Gasteiger partial charge in [-0.05, 0) is 18.1 Å². The molecule has 0 bridgehead atoms. The molecular formula is C15H26N2O5Si. The molecule has 0 radical (unpaired) electrons. The highest BCUT2D eigenvalue weighted by Gasteiger charge is 2.46. The summed E-state index contributed by atoms with van der Waals surface area (Å²) in [7, 11) is -0.412. The maximum atomic E-state index is 12.0. The number of hydrogen-bond acceptors (Lipinski definition) is 5. The molecule has 8 heteroatoms. The van der Waals surface area contributed by atoms with Crippen molar-refractivity contribution in [2.24, 2.45) is 0 Å². The van der Waals surface area contributed by atoms with Gasteiger partial charge in [-0.2, -0.15) is 0 Å². The lowest BCUT2D eigenvalue weighted by Gasteiger charge is -2.39. The predicted octanol–water partition coefficient (Wildman–Crippen LogP) is 1.47. The van der Waals surface area contributed by atoms with Crippen molar-refractivity contribution in [1.29, 1.82) is 0 Å². The second-order valence-corrected chi connectivity index (χ2v) is 12.1. The van der Waals surface area contributed by atoms with Crippen LogP contribution in [0.25, 0.3) is 0 Å². The fourth-order valence-corrected chi connectivity index (χ4v) is 3.67. The van der Waals surface area contributed by atoms with Gasteiger partial charge in [-0.25, -0.2) is 4.79 Å². The summed E-state index contributed by atoms with van der Waals surface area (Å²) in [4.78, 5) is 25.4. The summed E-state index contributed by atoms with van der Waals surface area (Å²) >= 11 is 0. The van der Waals surface area contributed by atoms with E-state index < -0.39 is 31.9 Å². The van der Waals surface area contributed by atoms with Crippen molar-refractivity contribution in [3.05, 3.63) is 33.1 Å². The van der Waals surface area contributed by atoms with Gasteiger partial charge in [0.25, 0.3) is 5.56 Å². The van der Waals surface area contributed by atoms with Crippen LogP contribution in [0, 0.1) is 0 Å². The number of methoxy groups -OCH3 is 1. The third-order valence-corrected chi connectivity index (χ3v) is 9.23. The van der Waals surface area contributed by atoms with E-state index in [2.05, 4.69) is 38.8 Å². The van der Waals surface area contributed by atoms with E-state index in [1.165, 1.54) is 16.8 Å². The van der Waals surface area contributed by atoms with Crippen LogP contribution in [0.3, 0.4) is 0 Å². The first-order chi connectivity index (χ1) is 10.6. The van der Waals surface area contributed by atoms with Crippen LogP contribution in [-0.2, 0) is 13.9 Å². The van der Waals surface area contributed by atoms with Crippen molar-refractivity contribution in [3.63, 3.8) is 0 Å². The van der Waals surface area contributed by atoms with Crippen LogP contribution in [0.1, 0.15) is 27.0 Å². The molecule has 0 aliphatic carbocycles. The van der Waals surface area contributed by atoms with Gasteiger partial charge in [-0.1, -0.05) is 20.8 Å². The molecule has 1 aromatic rings. The Hall–Kier alpha value is -1.22. The predicted molar refractivity (Wildman–Crippen MR) is 89.2 cm³/mol. The van der Waals surface area contributed by atoms with E-state index in [0.29, 0.717) is 6.61 Å². The molecule has 0 aromatic carbocycles. The fourth-order valence-electron chi connectivity index (χ4n) is 2.36. The second kappa shape index (κ2) is 6.35. The smallest absolute Gasteiger partial charge is 0.330 e. The highest BCUT2D eigenvalue weighted by atomic mass is 28.4. The molecule has 1 aliphatic rings. The number of rotatable bonds is 4. The highest BCUT2D eigenvalue weighted by molar-refractivity contribution is 6.74. The Balaban J connectivity index is 2.24.